The van der Waals surface area contributed by atoms with Gasteiger partial charge in [-0.25, -0.2) is 0 Å². The highest BCUT2D eigenvalue weighted by molar-refractivity contribution is 14.1. The molecule has 3 aromatic carbocycles. The van der Waals surface area contributed by atoms with Gasteiger partial charge in [-0.15, -0.1) is 0 Å². The number of anilines is 1. The molecule has 0 spiro atoms. The van der Waals surface area contributed by atoms with E-state index < -0.39 is 5.91 Å². The molecule has 0 aliphatic carbocycles. The number of rotatable bonds is 8. The van der Waals surface area contributed by atoms with Crippen LogP contribution in [0.2, 0.25) is 5.02 Å². The molecule has 0 aromatic heterocycles. The Hall–Kier alpha value is -2.29. The van der Waals surface area contributed by atoms with Gasteiger partial charge in [-0.1, -0.05) is 29.8 Å². The molecule has 1 N–H and O–H groups in total. The van der Waals surface area contributed by atoms with Crippen LogP contribution in [0, 0.1) is 25.4 Å². The van der Waals surface area contributed by atoms with Crippen molar-refractivity contribution < 1.29 is 14.3 Å². The Morgan fingerprint density at radius 3 is 2.53 bits per heavy atom. The average molecular weight is 699 g/mol. The summed E-state index contributed by atoms with van der Waals surface area (Å²) in [7, 11) is 0. The third kappa shape index (κ3) is 7.10. The zero-order valence-electron chi connectivity index (χ0n) is 18.5. The minimum Gasteiger partial charge on any atom is -0.490 e. The van der Waals surface area contributed by atoms with Gasteiger partial charge in [-0.2, -0.15) is 5.26 Å². The predicted octanol–water partition coefficient (Wildman–Crippen LogP) is 7.38. The first-order valence-electron chi connectivity index (χ1n) is 10.3. The number of hydrogen-bond acceptors (Lipinski definition) is 4. The first-order chi connectivity index (χ1) is 16.3. The third-order valence-corrected chi connectivity index (χ3v) is 6.51. The number of halogens is 3. The number of nitrogens with zero attached hydrogens (tertiary/aromatic N) is 1. The second-order valence-electron chi connectivity index (χ2n) is 7.26. The molecule has 8 heteroatoms. The van der Waals surface area contributed by atoms with Crippen LogP contribution in [0.25, 0.3) is 6.08 Å². The zero-order chi connectivity index (χ0) is 24.7. The molecular formula is C26H21ClI2N2O3. The first-order valence-corrected chi connectivity index (χ1v) is 12.9. The molecule has 5 nitrogen and oxygen atoms in total. The fourth-order valence-corrected chi connectivity index (χ4v) is 4.36. The average Bonchev–Trinajstić information content (AvgIpc) is 2.80. The van der Waals surface area contributed by atoms with E-state index in [1.807, 2.05) is 50.2 Å². The molecule has 0 saturated carbocycles. The molecular weight excluding hydrogens is 678 g/mol. The van der Waals surface area contributed by atoms with Gasteiger partial charge in [-0.05, 0) is 118 Å². The lowest BCUT2D eigenvalue weighted by atomic mass is 10.1. The number of amides is 1. The van der Waals surface area contributed by atoms with Gasteiger partial charge in [0.2, 0.25) is 0 Å². The highest BCUT2D eigenvalue weighted by Gasteiger charge is 2.15. The van der Waals surface area contributed by atoms with E-state index in [-0.39, 0.29) is 5.57 Å². The van der Waals surface area contributed by atoms with Crippen molar-refractivity contribution in [3.05, 3.63) is 89.0 Å². The summed E-state index contributed by atoms with van der Waals surface area (Å²) in [4.78, 5) is 12.8. The Bertz CT molecular complexity index is 1270. The Morgan fingerprint density at radius 1 is 1.12 bits per heavy atom. The summed E-state index contributed by atoms with van der Waals surface area (Å²) in [6, 6.07) is 18.9. The molecule has 0 saturated heterocycles. The van der Waals surface area contributed by atoms with Crippen molar-refractivity contribution in [2.24, 2.45) is 0 Å². The smallest absolute Gasteiger partial charge is 0.266 e. The maximum absolute atomic E-state index is 12.8. The summed E-state index contributed by atoms with van der Waals surface area (Å²) in [5.74, 6) is 0.657. The van der Waals surface area contributed by atoms with Crippen LogP contribution in [0.3, 0.4) is 0 Å². The summed E-state index contributed by atoms with van der Waals surface area (Å²) < 4.78 is 13.8. The second-order valence-corrected chi connectivity index (χ2v) is 10.1. The second kappa shape index (κ2) is 12.4. The van der Waals surface area contributed by atoms with Gasteiger partial charge >= 0.3 is 0 Å². The van der Waals surface area contributed by atoms with Crippen molar-refractivity contribution in [3.63, 3.8) is 0 Å². The number of benzene rings is 3. The van der Waals surface area contributed by atoms with Crippen LogP contribution in [-0.2, 0) is 11.4 Å². The van der Waals surface area contributed by atoms with Gasteiger partial charge in [0.05, 0.1) is 10.2 Å². The molecule has 3 rings (SSSR count). The summed E-state index contributed by atoms with van der Waals surface area (Å²) in [5, 5.41) is 12.9. The van der Waals surface area contributed by atoms with E-state index in [1.54, 1.807) is 24.3 Å². The Labute approximate surface area is 231 Å². The van der Waals surface area contributed by atoms with Gasteiger partial charge in [0.25, 0.3) is 5.91 Å². The van der Waals surface area contributed by atoms with Crippen LogP contribution < -0.4 is 14.8 Å². The van der Waals surface area contributed by atoms with E-state index in [0.717, 1.165) is 18.3 Å². The van der Waals surface area contributed by atoms with E-state index in [2.05, 4.69) is 50.5 Å². The van der Waals surface area contributed by atoms with Crippen molar-refractivity contribution in [1.29, 1.82) is 5.26 Å². The van der Waals surface area contributed by atoms with Crippen LogP contribution in [0.1, 0.15) is 23.6 Å². The van der Waals surface area contributed by atoms with E-state index in [1.165, 1.54) is 6.08 Å². The molecule has 0 radical (unpaired) electrons. The normalized spacial score (nSPS) is 11.0. The van der Waals surface area contributed by atoms with Crippen molar-refractivity contribution in [3.8, 4) is 17.6 Å². The largest absolute Gasteiger partial charge is 0.490 e. The topological polar surface area (TPSA) is 71.3 Å². The number of carbonyl (C=O) groups is 1. The van der Waals surface area contributed by atoms with E-state index >= 15 is 0 Å². The SMILES string of the molecule is CCOc1cc(/C=C(\C#N)C(=O)Nc2cc(Cl)ccc2C)cc(I)c1OCc1ccc(I)cc1. The standard InChI is InChI=1S/C26H21ClI2N2O3/c1-3-33-24-12-18(11-22(29)25(24)34-15-17-5-8-21(28)9-6-17)10-19(14-30)26(32)31-23-13-20(27)7-4-16(23)2/h4-13H,3,15H2,1-2H3,(H,31,32)/b19-10+. The number of nitriles is 1. The molecule has 0 heterocycles. The van der Waals surface area contributed by atoms with Crippen molar-refractivity contribution in [2.45, 2.75) is 20.5 Å². The molecule has 1 amide bonds. The number of carbonyl (C=O) groups excluding carboxylic acids is 1. The lowest BCUT2D eigenvalue weighted by Crippen LogP contribution is -2.14. The van der Waals surface area contributed by atoms with Gasteiger partial charge in [-0.3, -0.25) is 4.79 Å². The zero-order valence-corrected chi connectivity index (χ0v) is 23.6. The van der Waals surface area contributed by atoms with E-state index in [9.17, 15) is 10.1 Å². The number of hydrogen-bond donors (Lipinski definition) is 1. The van der Waals surface area contributed by atoms with Crippen LogP contribution in [0.4, 0.5) is 5.69 Å². The monoisotopic (exact) mass is 698 g/mol. The van der Waals surface area contributed by atoms with E-state index in [0.29, 0.717) is 41.0 Å². The lowest BCUT2D eigenvalue weighted by molar-refractivity contribution is -0.112. The maximum Gasteiger partial charge on any atom is 0.266 e. The van der Waals surface area contributed by atoms with Crippen molar-refractivity contribution in [1.82, 2.24) is 0 Å². The Kier molecular flexibility index (Phi) is 9.62. The molecule has 174 valence electrons. The minimum atomic E-state index is -0.514. The summed E-state index contributed by atoms with van der Waals surface area (Å²) in [6.07, 6.45) is 1.53. The summed E-state index contributed by atoms with van der Waals surface area (Å²) >= 11 is 10.5. The summed E-state index contributed by atoms with van der Waals surface area (Å²) in [5.41, 5.74) is 3.07. The van der Waals surface area contributed by atoms with Crippen LogP contribution in [0.5, 0.6) is 11.5 Å². The van der Waals surface area contributed by atoms with Crippen LogP contribution in [0.15, 0.2) is 60.2 Å². The molecule has 34 heavy (non-hydrogen) atoms. The third-order valence-electron chi connectivity index (χ3n) is 4.75. The number of ether oxygens (including phenoxy) is 2. The first kappa shape index (κ1) is 26.3. The number of aryl methyl sites for hydroxylation is 1. The Morgan fingerprint density at radius 2 is 1.85 bits per heavy atom. The van der Waals surface area contributed by atoms with Crippen LogP contribution >= 0.6 is 56.8 Å². The predicted molar refractivity (Wildman–Crippen MR) is 152 cm³/mol. The molecule has 0 fully saturated rings. The molecule has 0 bridgehead atoms. The molecule has 0 unspecified atom stereocenters. The highest BCUT2D eigenvalue weighted by Crippen LogP contribution is 2.35. The Balaban J connectivity index is 1.85. The van der Waals surface area contributed by atoms with Crippen LogP contribution in [-0.4, -0.2) is 12.5 Å². The van der Waals surface area contributed by atoms with Gasteiger partial charge < -0.3 is 14.8 Å². The molecule has 3 aromatic rings. The molecule has 0 aliphatic heterocycles. The fourth-order valence-electron chi connectivity index (χ4n) is 3.04. The summed E-state index contributed by atoms with van der Waals surface area (Å²) in [6.45, 7) is 4.59. The van der Waals surface area contributed by atoms with Gasteiger partial charge in [0.15, 0.2) is 11.5 Å². The fraction of sp³-hybridized carbons (Fsp3) is 0.154. The quantitative estimate of drug-likeness (QED) is 0.152. The van der Waals surface area contributed by atoms with Crippen molar-refractivity contribution >= 4 is 74.5 Å². The lowest BCUT2D eigenvalue weighted by Gasteiger charge is -2.15. The number of nitrogens with one attached hydrogen (secondary N) is 1. The van der Waals surface area contributed by atoms with Crippen molar-refractivity contribution in [2.75, 3.05) is 11.9 Å². The maximum atomic E-state index is 12.8. The molecule has 0 aliphatic rings. The van der Waals surface area contributed by atoms with Gasteiger partial charge in [0, 0.05) is 14.3 Å². The van der Waals surface area contributed by atoms with E-state index in [4.69, 9.17) is 21.1 Å². The molecule has 0 atom stereocenters. The van der Waals surface area contributed by atoms with Gasteiger partial charge in [0.1, 0.15) is 18.2 Å². The highest BCUT2D eigenvalue weighted by atomic mass is 127. The minimum absolute atomic E-state index is 0.0369.